The van der Waals surface area contributed by atoms with Crippen LogP contribution in [0.5, 0.6) is 0 Å². The molecule has 0 fully saturated rings. The average molecular weight is 322 g/mol. The van der Waals surface area contributed by atoms with E-state index in [2.05, 4.69) is 43.7 Å². The molecule has 0 aliphatic rings. The standard InChI is InChI=1S/C14H16BrN3O/c1-16-14(18-10-13-3-2-8-19-13)17-9-11-4-6-12(15)7-5-11/h2-8H,9-10H2,1H3,(H2,16,17,18). The van der Waals surface area contributed by atoms with E-state index in [1.54, 1.807) is 13.3 Å². The number of furan rings is 1. The largest absolute Gasteiger partial charge is 0.467 e. The third kappa shape index (κ3) is 4.44. The maximum Gasteiger partial charge on any atom is 0.191 e. The molecule has 0 atom stereocenters. The maximum absolute atomic E-state index is 5.25. The van der Waals surface area contributed by atoms with Crippen LogP contribution in [0, 0.1) is 0 Å². The highest BCUT2D eigenvalue weighted by atomic mass is 79.9. The molecule has 0 saturated heterocycles. The minimum Gasteiger partial charge on any atom is -0.467 e. The van der Waals surface area contributed by atoms with E-state index in [9.17, 15) is 0 Å². The van der Waals surface area contributed by atoms with Crippen molar-refractivity contribution in [1.82, 2.24) is 10.6 Å². The highest BCUT2D eigenvalue weighted by Gasteiger charge is 2.00. The van der Waals surface area contributed by atoms with E-state index in [1.807, 2.05) is 24.3 Å². The van der Waals surface area contributed by atoms with Gasteiger partial charge in [-0.3, -0.25) is 4.99 Å². The number of hydrogen-bond acceptors (Lipinski definition) is 2. The Labute approximate surface area is 121 Å². The van der Waals surface area contributed by atoms with E-state index in [4.69, 9.17) is 4.42 Å². The van der Waals surface area contributed by atoms with Gasteiger partial charge in [0.05, 0.1) is 12.8 Å². The Morgan fingerprint density at radius 1 is 1.16 bits per heavy atom. The van der Waals surface area contributed by atoms with Crippen LogP contribution in [-0.4, -0.2) is 13.0 Å². The molecular weight excluding hydrogens is 306 g/mol. The molecule has 0 amide bonds. The molecule has 0 bridgehead atoms. The fourth-order valence-electron chi connectivity index (χ4n) is 1.59. The zero-order valence-electron chi connectivity index (χ0n) is 10.7. The summed E-state index contributed by atoms with van der Waals surface area (Å²) in [6.07, 6.45) is 1.66. The van der Waals surface area contributed by atoms with Gasteiger partial charge < -0.3 is 15.1 Å². The summed E-state index contributed by atoms with van der Waals surface area (Å²) in [5.74, 6) is 1.63. The zero-order chi connectivity index (χ0) is 13.5. The van der Waals surface area contributed by atoms with Gasteiger partial charge in [0.1, 0.15) is 5.76 Å². The first-order valence-electron chi connectivity index (χ1n) is 5.99. The van der Waals surface area contributed by atoms with E-state index in [1.165, 1.54) is 5.56 Å². The van der Waals surface area contributed by atoms with Gasteiger partial charge in [-0.25, -0.2) is 0 Å². The third-order valence-electron chi connectivity index (χ3n) is 2.61. The molecule has 2 aromatic rings. The SMILES string of the molecule is CN=C(NCc1ccc(Br)cc1)NCc1ccco1. The van der Waals surface area contributed by atoms with Crippen molar-refractivity contribution in [2.75, 3.05) is 7.05 Å². The zero-order valence-corrected chi connectivity index (χ0v) is 12.3. The molecule has 0 saturated carbocycles. The Morgan fingerprint density at radius 2 is 1.89 bits per heavy atom. The fourth-order valence-corrected chi connectivity index (χ4v) is 1.86. The minimum absolute atomic E-state index is 0.618. The Hall–Kier alpha value is -1.75. The number of nitrogens with zero attached hydrogens (tertiary/aromatic N) is 1. The van der Waals surface area contributed by atoms with Gasteiger partial charge in [-0.05, 0) is 29.8 Å². The van der Waals surface area contributed by atoms with Crippen molar-refractivity contribution in [1.29, 1.82) is 0 Å². The van der Waals surface area contributed by atoms with Crippen LogP contribution in [0.1, 0.15) is 11.3 Å². The number of guanidine groups is 1. The van der Waals surface area contributed by atoms with Gasteiger partial charge in [0, 0.05) is 18.1 Å². The van der Waals surface area contributed by atoms with Crippen LogP contribution >= 0.6 is 15.9 Å². The number of hydrogen-bond donors (Lipinski definition) is 2. The predicted octanol–water partition coefficient (Wildman–Crippen LogP) is 2.91. The van der Waals surface area contributed by atoms with Gasteiger partial charge in [-0.15, -0.1) is 0 Å². The lowest BCUT2D eigenvalue weighted by molar-refractivity contribution is 0.501. The van der Waals surface area contributed by atoms with Crippen LogP contribution in [0.2, 0.25) is 0 Å². The first-order chi connectivity index (χ1) is 9.28. The van der Waals surface area contributed by atoms with Crippen LogP contribution in [-0.2, 0) is 13.1 Å². The molecule has 0 spiro atoms. The van der Waals surface area contributed by atoms with Crippen LogP contribution in [0.15, 0.2) is 56.5 Å². The van der Waals surface area contributed by atoms with Crippen molar-refractivity contribution in [3.8, 4) is 0 Å². The molecule has 1 heterocycles. The van der Waals surface area contributed by atoms with Gasteiger partial charge in [0.25, 0.3) is 0 Å². The Bertz CT molecular complexity index is 520. The lowest BCUT2D eigenvalue weighted by atomic mass is 10.2. The second-order valence-electron chi connectivity index (χ2n) is 3.99. The monoisotopic (exact) mass is 321 g/mol. The summed E-state index contributed by atoms with van der Waals surface area (Å²) in [7, 11) is 1.75. The molecular formula is C14H16BrN3O. The Balaban J connectivity index is 1.81. The van der Waals surface area contributed by atoms with E-state index in [-0.39, 0.29) is 0 Å². The van der Waals surface area contributed by atoms with Gasteiger partial charge in [0.2, 0.25) is 0 Å². The quantitative estimate of drug-likeness (QED) is 0.672. The summed E-state index contributed by atoms with van der Waals surface area (Å²) in [5, 5.41) is 6.44. The summed E-state index contributed by atoms with van der Waals surface area (Å²) in [4.78, 5) is 4.16. The molecule has 19 heavy (non-hydrogen) atoms. The molecule has 0 aliphatic heterocycles. The lowest BCUT2D eigenvalue weighted by Crippen LogP contribution is -2.36. The minimum atomic E-state index is 0.618. The van der Waals surface area contributed by atoms with E-state index in [0.29, 0.717) is 6.54 Å². The van der Waals surface area contributed by atoms with Crippen LogP contribution in [0.25, 0.3) is 0 Å². The van der Waals surface area contributed by atoms with Crippen molar-refractivity contribution in [3.63, 3.8) is 0 Å². The van der Waals surface area contributed by atoms with Crippen LogP contribution < -0.4 is 10.6 Å². The van der Waals surface area contributed by atoms with Crippen molar-refractivity contribution in [3.05, 3.63) is 58.5 Å². The molecule has 0 aliphatic carbocycles. The van der Waals surface area contributed by atoms with Crippen molar-refractivity contribution in [2.45, 2.75) is 13.1 Å². The molecule has 1 aromatic heterocycles. The number of rotatable bonds is 4. The summed E-state index contributed by atoms with van der Waals surface area (Å²) in [5.41, 5.74) is 1.20. The van der Waals surface area contributed by atoms with Crippen LogP contribution in [0.4, 0.5) is 0 Å². The fraction of sp³-hybridized carbons (Fsp3) is 0.214. The number of halogens is 1. The highest BCUT2D eigenvalue weighted by Crippen LogP contribution is 2.10. The smallest absolute Gasteiger partial charge is 0.191 e. The van der Waals surface area contributed by atoms with E-state index in [0.717, 1.165) is 22.7 Å². The summed E-state index contributed by atoms with van der Waals surface area (Å²) >= 11 is 3.42. The lowest BCUT2D eigenvalue weighted by Gasteiger charge is -2.11. The molecule has 2 rings (SSSR count). The summed E-state index contributed by atoms with van der Waals surface area (Å²) < 4.78 is 6.33. The number of nitrogens with one attached hydrogen (secondary N) is 2. The predicted molar refractivity (Wildman–Crippen MR) is 79.9 cm³/mol. The molecule has 4 nitrogen and oxygen atoms in total. The van der Waals surface area contributed by atoms with Gasteiger partial charge in [-0.1, -0.05) is 28.1 Å². The van der Waals surface area contributed by atoms with Crippen molar-refractivity contribution < 1.29 is 4.42 Å². The number of benzene rings is 1. The maximum atomic E-state index is 5.25. The normalized spacial score (nSPS) is 11.4. The average Bonchev–Trinajstić information content (AvgIpc) is 2.94. The van der Waals surface area contributed by atoms with Gasteiger partial charge >= 0.3 is 0 Å². The highest BCUT2D eigenvalue weighted by molar-refractivity contribution is 9.10. The molecule has 1 aromatic carbocycles. The van der Waals surface area contributed by atoms with Crippen molar-refractivity contribution >= 4 is 21.9 Å². The summed E-state index contributed by atoms with van der Waals surface area (Å²) in [6.45, 7) is 1.35. The first kappa shape index (κ1) is 13.7. The number of aliphatic imine (C=N–C) groups is 1. The van der Waals surface area contributed by atoms with E-state index < -0.39 is 0 Å². The topological polar surface area (TPSA) is 49.6 Å². The van der Waals surface area contributed by atoms with E-state index >= 15 is 0 Å². The van der Waals surface area contributed by atoms with Crippen LogP contribution in [0.3, 0.4) is 0 Å². The van der Waals surface area contributed by atoms with Gasteiger partial charge in [-0.2, -0.15) is 0 Å². The van der Waals surface area contributed by atoms with Crippen molar-refractivity contribution in [2.24, 2.45) is 4.99 Å². The first-order valence-corrected chi connectivity index (χ1v) is 6.78. The molecule has 100 valence electrons. The third-order valence-corrected chi connectivity index (χ3v) is 3.14. The molecule has 0 radical (unpaired) electrons. The molecule has 5 heteroatoms. The summed E-state index contributed by atoms with van der Waals surface area (Å²) in [6, 6.07) is 12.0. The molecule has 0 unspecified atom stereocenters. The Morgan fingerprint density at radius 3 is 2.53 bits per heavy atom. The second kappa shape index (κ2) is 6.99. The Kier molecular flexibility index (Phi) is 5.03. The molecule has 2 N–H and O–H groups in total. The van der Waals surface area contributed by atoms with Gasteiger partial charge in [0.15, 0.2) is 5.96 Å². The second-order valence-corrected chi connectivity index (χ2v) is 4.90.